The van der Waals surface area contributed by atoms with Crippen molar-refractivity contribution in [2.24, 2.45) is 11.7 Å². The summed E-state index contributed by atoms with van der Waals surface area (Å²) in [6.45, 7) is 1.73. The van der Waals surface area contributed by atoms with Gasteiger partial charge in [-0.3, -0.25) is 9.59 Å². The molecule has 0 aliphatic carbocycles. The molecule has 7 nitrogen and oxygen atoms in total. The Morgan fingerprint density at radius 2 is 1.84 bits per heavy atom. The van der Waals surface area contributed by atoms with Crippen molar-refractivity contribution in [3.63, 3.8) is 0 Å². The van der Waals surface area contributed by atoms with E-state index in [1.807, 2.05) is 30.3 Å². The Morgan fingerprint density at radius 3 is 2.48 bits per heavy atom. The molecule has 4 amide bonds. The second-order valence-electron chi connectivity index (χ2n) is 6.79. The van der Waals surface area contributed by atoms with Crippen LogP contribution in [0.5, 0.6) is 0 Å². The van der Waals surface area contributed by atoms with E-state index in [-0.39, 0.29) is 29.8 Å². The number of rotatable bonds is 4. The van der Waals surface area contributed by atoms with Gasteiger partial charge in [-0.15, -0.1) is 0 Å². The highest BCUT2D eigenvalue weighted by Crippen LogP contribution is 2.22. The second-order valence-corrected chi connectivity index (χ2v) is 6.79. The van der Waals surface area contributed by atoms with E-state index >= 15 is 0 Å². The second kappa shape index (κ2) is 7.55. The van der Waals surface area contributed by atoms with Crippen molar-refractivity contribution in [1.29, 1.82) is 0 Å². The third kappa shape index (κ3) is 4.29. The lowest BCUT2D eigenvalue weighted by atomic mass is 9.93. The summed E-state index contributed by atoms with van der Waals surface area (Å²) in [5.41, 5.74) is 6.09. The number of hydrogen-bond acceptors (Lipinski definition) is 3. The summed E-state index contributed by atoms with van der Waals surface area (Å²) in [5.74, 6) is 0.00761. The zero-order chi connectivity index (χ0) is 17.8. The zero-order valence-electron chi connectivity index (χ0n) is 14.2. The predicted octanol–water partition coefficient (Wildman–Crippen LogP) is 1.09. The number of anilines is 1. The Hall–Kier alpha value is -2.57. The first kappa shape index (κ1) is 17.3. The molecule has 2 aliphatic heterocycles. The van der Waals surface area contributed by atoms with Gasteiger partial charge in [0.25, 0.3) is 0 Å². The van der Waals surface area contributed by atoms with Gasteiger partial charge in [-0.1, -0.05) is 18.2 Å². The molecule has 0 aromatic heterocycles. The highest BCUT2D eigenvalue weighted by molar-refractivity contribution is 5.96. The first-order valence-electron chi connectivity index (χ1n) is 8.72. The van der Waals surface area contributed by atoms with Crippen LogP contribution in [0.3, 0.4) is 0 Å². The maximum absolute atomic E-state index is 12.4. The molecule has 2 fully saturated rings. The van der Waals surface area contributed by atoms with Crippen LogP contribution < -0.4 is 16.0 Å². The number of carbonyl (C=O) groups excluding carboxylic acids is 3. The number of piperidine rings is 1. The van der Waals surface area contributed by atoms with Crippen LogP contribution >= 0.6 is 0 Å². The fourth-order valence-corrected chi connectivity index (χ4v) is 3.55. The monoisotopic (exact) mass is 344 g/mol. The van der Waals surface area contributed by atoms with Crippen LogP contribution in [-0.4, -0.2) is 48.4 Å². The fraction of sp³-hybridized carbons (Fsp3) is 0.500. The van der Waals surface area contributed by atoms with E-state index in [0.29, 0.717) is 32.5 Å². The standard InChI is InChI=1S/C18H24N4O3/c19-16(23)10-13-6-8-21(9-7-13)18(25)20-14-11-17(24)22(12-14)15-4-2-1-3-5-15/h1-5,13-14H,6-12H2,(H2,19,23)(H,20,25)/t14-/m0/s1. The number of urea groups is 1. The molecule has 2 saturated heterocycles. The van der Waals surface area contributed by atoms with Crippen LogP contribution in [0.2, 0.25) is 0 Å². The molecule has 3 N–H and O–H groups in total. The molecule has 7 heteroatoms. The molecule has 0 bridgehead atoms. The Labute approximate surface area is 147 Å². The van der Waals surface area contributed by atoms with Crippen molar-refractivity contribution < 1.29 is 14.4 Å². The number of benzene rings is 1. The number of hydrogen-bond donors (Lipinski definition) is 2. The number of nitrogens with two attached hydrogens (primary N) is 1. The van der Waals surface area contributed by atoms with Gasteiger partial charge in [0.1, 0.15) is 0 Å². The van der Waals surface area contributed by atoms with Crippen molar-refractivity contribution in [2.45, 2.75) is 31.7 Å². The normalized spacial score (nSPS) is 21.4. The van der Waals surface area contributed by atoms with E-state index in [0.717, 1.165) is 18.5 Å². The molecule has 2 heterocycles. The van der Waals surface area contributed by atoms with Gasteiger partial charge in [0.05, 0.1) is 6.04 Å². The number of nitrogens with zero attached hydrogens (tertiary/aromatic N) is 2. The van der Waals surface area contributed by atoms with Crippen LogP contribution in [0, 0.1) is 5.92 Å². The highest BCUT2D eigenvalue weighted by Gasteiger charge is 2.33. The van der Waals surface area contributed by atoms with E-state index in [1.54, 1.807) is 9.80 Å². The van der Waals surface area contributed by atoms with E-state index in [9.17, 15) is 14.4 Å². The van der Waals surface area contributed by atoms with E-state index in [2.05, 4.69) is 5.32 Å². The van der Waals surface area contributed by atoms with Gasteiger partial charge in [-0.2, -0.15) is 0 Å². The maximum atomic E-state index is 12.4. The van der Waals surface area contributed by atoms with Gasteiger partial charge >= 0.3 is 6.03 Å². The Morgan fingerprint density at radius 1 is 1.16 bits per heavy atom. The minimum atomic E-state index is -0.284. The Kier molecular flexibility index (Phi) is 5.21. The summed E-state index contributed by atoms with van der Waals surface area (Å²) >= 11 is 0. The van der Waals surface area contributed by atoms with Gasteiger partial charge in [0.2, 0.25) is 11.8 Å². The number of para-hydroxylation sites is 1. The molecule has 3 rings (SSSR count). The fourth-order valence-electron chi connectivity index (χ4n) is 3.55. The molecule has 0 spiro atoms. The van der Waals surface area contributed by atoms with Crippen LogP contribution in [0.4, 0.5) is 10.5 Å². The smallest absolute Gasteiger partial charge is 0.317 e. The van der Waals surface area contributed by atoms with E-state index in [1.165, 1.54) is 0 Å². The number of amides is 4. The Balaban J connectivity index is 1.49. The topological polar surface area (TPSA) is 95.7 Å². The van der Waals surface area contributed by atoms with Gasteiger partial charge in [-0.25, -0.2) is 4.79 Å². The number of carbonyl (C=O) groups is 3. The molecule has 1 aromatic carbocycles. The molecule has 25 heavy (non-hydrogen) atoms. The van der Waals surface area contributed by atoms with Crippen molar-refractivity contribution in [3.8, 4) is 0 Å². The van der Waals surface area contributed by atoms with Crippen LogP contribution in [0.25, 0.3) is 0 Å². The van der Waals surface area contributed by atoms with Gasteiger partial charge in [0, 0.05) is 38.2 Å². The lowest BCUT2D eigenvalue weighted by Gasteiger charge is -2.32. The summed E-state index contributed by atoms with van der Waals surface area (Å²) in [7, 11) is 0. The molecule has 0 radical (unpaired) electrons. The van der Waals surface area contributed by atoms with Crippen LogP contribution in [-0.2, 0) is 9.59 Å². The molecule has 0 saturated carbocycles. The highest BCUT2D eigenvalue weighted by atomic mass is 16.2. The van der Waals surface area contributed by atoms with Gasteiger partial charge in [0.15, 0.2) is 0 Å². The van der Waals surface area contributed by atoms with Crippen molar-refractivity contribution in [2.75, 3.05) is 24.5 Å². The van der Waals surface area contributed by atoms with Gasteiger partial charge in [-0.05, 0) is 30.9 Å². The zero-order valence-corrected chi connectivity index (χ0v) is 14.2. The number of primary amides is 1. The minimum Gasteiger partial charge on any atom is -0.370 e. The van der Waals surface area contributed by atoms with Crippen molar-refractivity contribution in [1.82, 2.24) is 10.2 Å². The predicted molar refractivity (Wildman–Crippen MR) is 93.8 cm³/mol. The third-order valence-electron chi connectivity index (χ3n) is 4.91. The average Bonchev–Trinajstić information content (AvgIpc) is 2.96. The first-order chi connectivity index (χ1) is 12.0. The quantitative estimate of drug-likeness (QED) is 0.856. The summed E-state index contributed by atoms with van der Waals surface area (Å²) in [6, 6.07) is 9.17. The molecule has 1 atom stereocenters. The third-order valence-corrected chi connectivity index (χ3v) is 4.91. The largest absolute Gasteiger partial charge is 0.370 e. The maximum Gasteiger partial charge on any atom is 0.317 e. The Bertz CT molecular complexity index is 641. The first-order valence-corrected chi connectivity index (χ1v) is 8.72. The average molecular weight is 344 g/mol. The molecule has 134 valence electrons. The number of nitrogens with one attached hydrogen (secondary N) is 1. The molecule has 0 unspecified atom stereocenters. The lowest BCUT2D eigenvalue weighted by molar-refractivity contribution is -0.119. The lowest BCUT2D eigenvalue weighted by Crippen LogP contribution is -2.48. The molecule has 1 aromatic rings. The summed E-state index contributed by atoms with van der Waals surface area (Å²) in [4.78, 5) is 39.1. The summed E-state index contributed by atoms with van der Waals surface area (Å²) in [6.07, 6.45) is 2.28. The summed E-state index contributed by atoms with van der Waals surface area (Å²) < 4.78 is 0. The summed E-state index contributed by atoms with van der Waals surface area (Å²) in [5, 5.41) is 2.97. The van der Waals surface area contributed by atoms with Crippen LogP contribution in [0.15, 0.2) is 30.3 Å². The van der Waals surface area contributed by atoms with E-state index < -0.39 is 0 Å². The van der Waals surface area contributed by atoms with Crippen molar-refractivity contribution in [3.05, 3.63) is 30.3 Å². The molecule has 2 aliphatic rings. The van der Waals surface area contributed by atoms with Crippen LogP contribution in [0.1, 0.15) is 25.7 Å². The minimum absolute atomic E-state index is 0.0247. The van der Waals surface area contributed by atoms with Gasteiger partial charge < -0.3 is 20.9 Å². The SMILES string of the molecule is NC(=O)CC1CCN(C(=O)N[C@H]2CC(=O)N(c3ccccc3)C2)CC1. The van der Waals surface area contributed by atoms with E-state index in [4.69, 9.17) is 5.73 Å². The number of likely N-dealkylation sites (tertiary alicyclic amines) is 1. The molecular formula is C18H24N4O3. The van der Waals surface area contributed by atoms with Crippen molar-refractivity contribution >= 4 is 23.5 Å². The molecular weight excluding hydrogens is 320 g/mol.